The number of carboxylic acid groups (broad SMARTS) is 1. The fraction of sp³-hybridized carbons (Fsp3) is 0.462. The quantitative estimate of drug-likeness (QED) is 0.179. The van der Waals surface area contributed by atoms with E-state index in [1.165, 1.54) is 13.0 Å². The molecule has 0 spiro atoms. The number of ether oxygens (including phenoxy) is 2. The van der Waals surface area contributed by atoms with E-state index in [-0.39, 0.29) is 30.5 Å². The van der Waals surface area contributed by atoms with Crippen molar-refractivity contribution in [2.24, 2.45) is 0 Å². The number of carboxylic acids is 1. The highest BCUT2D eigenvalue weighted by Crippen LogP contribution is 2.28. The van der Waals surface area contributed by atoms with Crippen molar-refractivity contribution < 1.29 is 29.0 Å². The van der Waals surface area contributed by atoms with E-state index in [2.05, 4.69) is 9.97 Å². The van der Waals surface area contributed by atoms with Crippen LogP contribution >= 0.6 is 0 Å². The highest BCUT2D eigenvalue weighted by molar-refractivity contribution is 5.98. The molecule has 2 heterocycles. The van der Waals surface area contributed by atoms with Crippen LogP contribution in [-0.2, 0) is 44.7 Å². The van der Waals surface area contributed by atoms with Crippen LogP contribution in [0.2, 0.25) is 0 Å². The van der Waals surface area contributed by atoms with E-state index in [1.807, 2.05) is 19.9 Å². The van der Waals surface area contributed by atoms with Gasteiger partial charge in [0.1, 0.15) is 17.3 Å². The van der Waals surface area contributed by atoms with E-state index in [9.17, 15) is 24.8 Å². The van der Waals surface area contributed by atoms with Crippen LogP contribution in [-0.4, -0.2) is 46.2 Å². The molecule has 0 aliphatic heterocycles. The molecular formula is C26H33N3O6. The van der Waals surface area contributed by atoms with Gasteiger partial charge in [-0.25, -0.2) is 9.59 Å². The second-order valence-electron chi connectivity index (χ2n) is 8.08. The summed E-state index contributed by atoms with van der Waals surface area (Å²) in [6, 6.07) is 1.91. The summed E-state index contributed by atoms with van der Waals surface area (Å²) >= 11 is 0. The van der Waals surface area contributed by atoms with E-state index in [4.69, 9.17) is 9.47 Å². The van der Waals surface area contributed by atoms with Crippen molar-refractivity contribution in [2.45, 2.75) is 66.7 Å². The minimum atomic E-state index is -1.04. The van der Waals surface area contributed by atoms with Gasteiger partial charge in [-0.2, -0.15) is 5.26 Å². The third-order valence-corrected chi connectivity index (χ3v) is 5.86. The van der Waals surface area contributed by atoms with E-state index in [0.29, 0.717) is 36.9 Å². The van der Waals surface area contributed by atoms with Crippen LogP contribution in [0, 0.1) is 18.3 Å². The molecule has 0 aromatic carbocycles. The van der Waals surface area contributed by atoms with Crippen LogP contribution < -0.4 is 0 Å². The number of aromatic carboxylic acids is 1. The Kier molecular flexibility index (Phi) is 9.88. The normalized spacial score (nSPS) is 11.3. The van der Waals surface area contributed by atoms with Crippen molar-refractivity contribution in [1.82, 2.24) is 9.97 Å². The minimum absolute atomic E-state index is 0.0907. The van der Waals surface area contributed by atoms with Crippen LogP contribution in [0.1, 0.15) is 83.9 Å². The molecule has 2 aromatic rings. The van der Waals surface area contributed by atoms with Gasteiger partial charge in [-0.05, 0) is 67.9 Å². The number of carbonyl (C=O) groups excluding carboxylic acids is 2. The maximum absolute atomic E-state index is 12.1. The molecule has 0 amide bonds. The summed E-state index contributed by atoms with van der Waals surface area (Å²) < 4.78 is 10.0. The SMILES string of the molecule is CCOC(=O)C(C#N)=Cc1[nH]c(Cc2[nH]c(C(=O)O)c(C)c2CCCOC(C)=O)c(CC)c1CC. The number of nitriles is 1. The fourth-order valence-corrected chi connectivity index (χ4v) is 4.29. The predicted octanol–water partition coefficient (Wildman–Crippen LogP) is 4.03. The molecule has 9 heteroatoms. The van der Waals surface area contributed by atoms with Gasteiger partial charge < -0.3 is 24.5 Å². The Morgan fingerprint density at radius 2 is 1.69 bits per heavy atom. The average molecular weight is 484 g/mol. The predicted molar refractivity (Wildman–Crippen MR) is 130 cm³/mol. The molecule has 0 saturated carbocycles. The lowest BCUT2D eigenvalue weighted by Crippen LogP contribution is -2.06. The van der Waals surface area contributed by atoms with Crippen LogP contribution in [0.5, 0.6) is 0 Å². The van der Waals surface area contributed by atoms with E-state index in [1.54, 1.807) is 13.8 Å². The van der Waals surface area contributed by atoms with Gasteiger partial charge in [0.25, 0.3) is 0 Å². The second-order valence-corrected chi connectivity index (χ2v) is 8.08. The molecule has 35 heavy (non-hydrogen) atoms. The Labute approximate surface area is 205 Å². The largest absolute Gasteiger partial charge is 0.477 e. The molecule has 2 rings (SSSR count). The summed E-state index contributed by atoms with van der Waals surface area (Å²) in [7, 11) is 0. The summed E-state index contributed by atoms with van der Waals surface area (Å²) in [6.45, 7) is 9.26. The Morgan fingerprint density at radius 3 is 2.23 bits per heavy atom. The fourth-order valence-electron chi connectivity index (χ4n) is 4.29. The van der Waals surface area contributed by atoms with Crippen LogP contribution in [0.25, 0.3) is 6.08 Å². The molecule has 2 aromatic heterocycles. The first-order chi connectivity index (χ1) is 16.7. The molecule has 0 atom stereocenters. The second kappa shape index (κ2) is 12.6. The Morgan fingerprint density at radius 1 is 1.03 bits per heavy atom. The number of esters is 2. The Bertz CT molecular complexity index is 1160. The highest BCUT2D eigenvalue weighted by Gasteiger charge is 2.22. The van der Waals surface area contributed by atoms with Gasteiger partial charge in [-0.3, -0.25) is 4.79 Å². The molecule has 0 radical (unpaired) electrons. The maximum Gasteiger partial charge on any atom is 0.352 e. The lowest BCUT2D eigenvalue weighted by molar-refractivity contribution is -0.141. The number of hydrogen-bond donors (Lipinski definition) is 3. The zero-order chi connectivity index (χ0) is 26.1. The molecule has 0 bridgehead atoms. The Balaban J connectivity index is 2.49. The zero-order valence-corrected chi connectivity index (χ0v) is 21.0. The maximum atomic E-state index is 12.1. The number of nitrogens with one attached hydrogen (secondary N) is 2. The van der Waals surface area contributed by atoms with Crippen LogP contribution in [0.3, 0.4) is 0 Å². The van der Waals surface area contributed by atoms with Gasteiger partial charge in [0.15, 0.2) is 0 Å². The molecule has 0 fully saturated rings. The van der Waals surface area contributed by atoms with E-state index in [0.717, 1.165) is 34.5 Å². The number of nitrogens with zero attached hydrogens (tertiary/aromatic N) is 1. The summed E-state index contributed by atoms with van der Waals surface area (Å²) in [5, 5.41) is 19.1. The van der Waals surface area contributed by atoms with Crippen molar-refractivity contribution in [3.05, 3.63) is 50.6 Å². The van der Waals surface area contributed by atoms with Gasteiger partial charge in [-0.1, -0.05) is 13.8 Å². The average Bonchev–Trinajstić information content (AvgIpc) is 3.31. The summed E-state index contributed by atoms with van der Waals surface area (Å²) in [5.74, 6) is -2.07. The monoisotopic (exact) mass is 483 g/mol. The number of aromatic amines is 2. The summed E-state index contributed by atoms with van der Waals surface area (Å²) in [5.41, 5.74) is 5.97. The standard InChI is InChI=1S/C26H33N3O6/c1-6-18-19(7-2)22(28-21(18)12-17(14-27)26(33)34-8-3)13-23-20(10-9-11-35-16(5)30)15(4)24(29-23)25(31)32/h12,28-29H,6-11,13H2,1-5H3,(H,31,32). The lowest BCUT2D eigenvalue weighted by atomic mass is 9.98. The summed E-state index contributed by atoms with van der Waals surface area (Å²) in [6.07, 6.45) is 4.46. The van der Waals surface area contributed by atoms with E-state index >= 15 is 0 Å². The molecule has 0 unspecified atom stereocenters. The van der Waals surface area contributed by atoms with Gasteiger partial charge in [0, 0.05) is 30.4 Å². The van der Waals surface area contributed by atoms with Crippen LogP contribution in [0.15, 0.2) is 5.57 Å². The molecule has 9 nitrogen and oxygen atoms in total. The first-order valence-corrected chi connectivity index (χ1v) is 11.8. The first kappa shape index (κ1) is 27.4. The third-order valence-electron chi connectivity index (χ3n) is 5.86. The molecule has 188 valence electrons. The molecule has 0 aliphatic carbocycles. The summed E-state index contributed by atoms with van der Waals surface area (Å²) in [4.78, 5) is 41.4. The van der Waals surface area contributed by atoms with Crippen molar-refractivity contribution in [3.8, 4) is 6.07 Å². The minimum Gasteiger partial charge on any atom is -0.477 e. The van der Waals surface area contributed by atoms with E-state index < -0.39 is 11.9 Å². The molecule has 3 N–H and O–H groups in total. The van der Waals surface area contributed by atoms with Gasteiger partial charge in [0.2, 0.25) is 0 Å². The number of carbonyl (C=O) groups is 3. The highest BCUT2D eigenvalue weighted by atomic mass is 16.5. The van der Waals surface area contributed by atoms with Crippen molar-refractivity contribution in [2.75, 3.05) is 13.2 Å². The number of hydrogen-bond acceptors (Lipinski definition) is 6. The number of aromatic nitrogens is 2. The van der Waals surface area contributed by atoms with Crippen molar-refractivity contribution in [3.63, 3.8) is 0 Å². The molecular weight excluding hydrogens is 450 g/mol. The lowest BCUT2D eigenvalue weighted by Gasteiger charge is -2.08. The van der Waals surface area contributed by atoms with Gasteiger partial charge in [-0.15, -0.1) is 0 Å². The molecule has 0 saturated heterocycles. The van der Waals surface area contributed by atoms with Gasteiger partial charge in [0.05, 0.1) is 13.2 Å². The zero-order valence-electron chi connectivity index (χ0n) is 21.0. The van der Waals surface area contributed by atoms with Crippen molar-refractivity contribution >= 4 is 24.0 Å². The third kappa shape index (κ3) is 6.63. The number of rotatable bonds is 12. The first-order valence-electron chi connectivity index (χ1n) is 11.8. The number of H-pyrrole nitrogens is 2. The smallest absolute Gasteiger partial charge is 0.352 e. The van der Waals surface area contributed by atoms with Crippen LogP contribution in [0.4, 0.5) is 0 Å². The topological polar surface area (TPSA) is 145 Å². The van der Waals surface area contributed by atoms with Gasteiger partial charge >= 0.3 is 17.9 Å². The molecule has 0 aliphatic rings. The Hall–Kier alpha value is -3.80. The van der Waals surface area contributed by atoms with Crippen molar-refractivity contribution in [1.29, 1.82) is 5.26 Å².